The van der Waals surface area contributed by atoms with Crippen molar-refractivity contribution in [2.45, 2.75) is 5.92 Å². The molecule has 1 atom stereocenters. The number of carbonyl (C=O) groups is 2. The average Bonchev–Trinajstić information content (AvgIpc) is 3.07. The van der Waals surface area contributed by atoms with Gasteiger partial charge in [-0.05, 0) is 12.1 Å². The normalized spacial score (nSPS) is 16.8. The number of fused-ring (bicyclic) bond motifs is 2. The van der Waals surface area contributed by atoms with Crippen LogP contribution in [0.3, 0.4) is 0 Å². The van der Waals surface area contributed by atoms with Crippen LogP contribution < -0.4 is 0 Å². The maximum Gasteiger partial charge on any atom is 0.280 e. The number of hydrogen-bond acceptors (Lipinski definition) is 5. The van der Waals surface area contributed by atoms with E-state index in [1.165, 1.54) is 18.2 Å². The van der Waals surface area contributed by atoms with E-state index in [0.29, 0.717) is 11.0 Å². The quantitative estimate of drug-likeness (QED) is 0.445. The number of hydrogen-bond donors (Lipinski definition) is 1. The topological polar surface area (TPSA) is 106 Å². The molecule has 0 aliphatic heterocycles. The summed E-state index contributed by atoms with van der Waals surface area (Å²) in [6, 6.07) is 11.2. The molecular formula is C16H9N3O4. The Morgan fingerprint density at radius 1 is 1.04 bits per heavy atom. The van der Waals surface area contributed by atoms with E-state index >= 15 is 0 Å². The molecule has 0 spiro atoms. The second-order valence-corrected chi connectivity index (χ2v) is 5.26. The maximum absolute atomic E-state index is 12.6. The Morgan fingerprint density at radius 3 is 2.57 bits per heavy atom. The van der Waals surface area contributed by atoms with Crippen LogP contribution in [-0.4, -0.2) is 26.5 Å². The molecule has 1 aliphatic carbocycles. The summed E-state index contributed by atoms with van der Waals surface area (Å²) in [4.78, 5) is 42.9. The number of para-hydroxylation sites is 2. The lowest BCUT2D eigenvalue weighted by atomic mass is 10.0. The summed E-state index contributed by atoms with van der Waals surface area (Å²) in [6.45, 7) is 0. The monoisotopic (exact) mass is 307 g/mol. The molecule has 0 unspecified atom stereocenters. The molecule has 0 saturated heterocycles. The number of nitrogens with one attached hydrogen (secondary N) is 1. The minimum Gasteiger partial charge on any atom is -0.341 e. The Labute approximate surface area is 129 Å². The van der Waals surface area contributed by atoms with E-state index in [1.54, 1.807) is 18.2 Å². The highest BCUT2D eigenvalue weighted by atomic mass is 16.6. The van der Waals surface area contributed by atoms with E-state index in [4.69, 9.17) is 0 Å². The van der Waals surface area contributed by atoms with Crippen molar-refractivity contribution in [3.63, 3.8) is 0 Å². The van der Waals surface area contributed by atoms with Gasteiger partial charge in [0.2, 0.25) is 0 Å². The van der Waals surface area contributed by atoms with Crippen LogP contribution in [0.2, 0.25) is 0 Å². The van der Waals surface area contributed by atoms with Crippen molar-refractivity contribution in [2.75, 3.05) is 0 Å². The molecule has 0 fully saturated rings. The number of Topliss-reactive ketones (excluding diaryl/α,β-unsaturated/α-hetero) is 2. The summed E-state index contributed by atoms with van der Waals surface area (Å²) in [5, 5.41) is 11.1. The Balaban J connectivity index is 1.89. The van der Waals surface area contributed by atoms with E-state index in [-0.39, 0.29) is 22.6 Å². The largest absolute Gasteiger partial charge is 0.341 e. The van der Waals surface area contributed by atoms with Gasteiger partial charge < -0.3 is 4.98 Å². The molecule has 0 amide bonds. The third-order valence-corrected chi connectivity index (χ3v) is 3.96. The van der Waals surface area contributed by atoms with Crippen LogP contribution in [0.1, 0.15) is 32.5 Å². The molecule has 1 N–H and O–H groups in total. The molecule has 23 heavy (non-hydrogen) atoms. The van der Waals surface area contributed by atoms with Gasteiger partial charge in [0.15, 0.2) is 11.6 Å². The van der Waals surface area contributed by atoms with Gasteiger partial charge >= 0.3 is 0 Å². The first-order chi connectivity index (χ1) is 11.1. The van der Waals surface area contributed by atoms with E-state index in [0.717, 1.165) is 0 Å². The van der Waals surface area contributed by atoms with E-state index < -0.39 is 22.4 Å². The zero-order valence-electron chi connectivity index (χ0n) is 11.6. The lowest BCUT2D eigenvalue weighted by Crippen LogP contribution is -2.14. The van der Waals surface area contributed by atoms with Crippen molar-refractivity contribution < 1.29 is 14.5 Å². The first kappa shape index (κ1) is 13.3. The molecule has 4 rings (SSSR count). The molecular weight excluding hydrogens is 298 g/mol. The smallest absolute Gasteiger partial charge is 0.280 e. The first-order valence-corrected chi connectivity index (χ1v) is 6.88. The fraction of sp³-hybridized carbons (Fsp3) is 0.0625. The molecule has 3 aromatic rings. The second-order valence-electron chi connectivity index (χ2n) is 5.26. The predicted octanol–water partition coefficient (Wildman–Crippen LogP) is 2.63. The molecule has 0 bridgehead atoms. The van der Waals surface area contributed by atoms with Crippen LogP contribution in [0.15, 0.2) is 42.5 Å². The van der Waals surface area contributed by atoms with Crippen LogP contribution in [0, 0.1) is 10.1 Å². The van der Waals surface area contributed by atoms with Crippen LogP contribution in [0.4, 0.5) is 5.69 Å². The summed E-state index contributed by atoms with van der Waals surface area (Å²) in [5.41, 5.74) is 0.934. The van der Waals surface area contributed by atoms with Crippen molar-refractivity contribution >= 4 is 28.3 Å². The Morgan fingerprint density at radius 2 is 1.83 bits per heavy atom. The highest BCUT2D eigenvalue weighted by molar-refractivity contribution is 6.31. The summed E-state index contributed by atoms with van der Waals surface area (Å²) in [7, 11) is 0. The number of aromatic amines is 1. The maximum atomic E-state index is 12.6. The SMILES string of the molecule is O=C1c2cccc([N+](=O)[O-])c2C(=O)[C@H]1c1nc2ccccc2[nH]1. The zero-order valence-corrected chi connectivity index (χ0v) is 11.6. The standard InChI is InChI=1S/C16H9N3O4/c20-14-8-4-3-7-11(19(22)23)12(8)15(21)13(14)16-17-9-5-1-2-6-10(9)18-16/h1-7,13H,(H,17,18)/t13-/m0/s1. The highest BCUT2D eigenvalue weighted by Crippen LogP contribution is 2.37. The minimum atomic E-state index is -1.15. The third-order valence-electron chi connectivity index (χ3n) is 3.96. The van der Waals surface area contributed by atoms with Gasteiger partial charge in [0.1, 0.15) is 17.3 Å². The summed E-state index contributed by atoms with van der Waals surface area (Å²) in [5.74, 6) is -1.99. The molecule has 7 nitrogen and oxygen atoms in total. The lowest BCUT2D eigenvalue weighted by molar-refractivity contribution is -0.385. The molecule has 1 heterocycles. The van der Waals surface area contributed by atoms with Crippen molar-refractivity contribution in [2.24, 2.45) is 0 Å². The first-order valence-electron chi connectivity index (χ1n) is 6.88. The molecule has 0 saturated carbocycles. The van der Waals surface area contributed by atoms with Crippen molar-refractivity contribution in [1.29, 1.82) is 0 Å². The van der Waals surface area contributed by atoms with Crippen LogP contribution in [0.5, 0.6) is 0 Å². The van der Waals surface area contributed by atoms with Gasteiger partial charge in [-0.2, -0.15) is 0 Å². The zero-order chi connectivity index (χ0) is 16.1. The number of nitro benzene ring substituents is 1. The predicted molar refractivity (Wildman–Crippen MR) is 80.6 cm³/mol. The van der Waals surface area contributed by atoms with Crippen molar-refractivity contribution in [3.8, 4) is 0 Å². The number of nitro groups is 1. The van der Waals surface area contributed by atoms with Crippen LogP contribution in [0.25, 0.3) is 11.0 Å². The van der Waals surface area contributed by atoms with Gasteiger partial charge in [0.25, 0.3) is 5.69 Å². The van der Waals surface area contributed by atoms with Gasteiger partial charge in [0.05, 0.1) is 16.0 Å². The fourth-order valence-corrected chi connectivity index (χ4v) is 2.93. The molecule has 2 aromatic carbocycles. The fourth-order valence-electron chi connectivity index (χ4n) is 2.93. The number of carbonyl (C=O) groups excluding carboxylic acids is 2. The number of aromatic nitrogens is 2. The van der Waals surface area contributed by atoms with Crippen molar-refractivity contribution in [1.82, 2.24) is 9.97 Å². The third kappa shape index (κ3) is 1.80. The molecule has 7 heteroatoms. The minimum absolute atomic E-state index is 0.0784. The number of rotatable bonds is 2. The van der Waals surface area contributed by atoms with Gasteiger partial charge in [-0.3, -0.25) is 19.7 Å². The Hall–Kier alpha value is -3.35. The van der Waals surface area contributed by atoms with Crippen LogP contribution in [-0.2, 0) is 0 Å². The highest BCUT2D eigenvalue weighted by Gasteiger charge is 2.45. The number of H-pyrrole nitrogens is 1. The number of benzene rings is 2. The van der Waals surface area contributed by atoms with E-state index in [2.05, 4.69) is 9.97 Å². The van der Waals surface area contributed by atoms with Gasteiger partial charge in [-0.1, -0.05) is 24.3 Å². The Kier molecular flexibility index (Phi) is 2.65. The lowest BCUT2D eigenvalue weighted by Gasteiger charge is -2.01. The molecule has 0 radical (unpaired) electrons. The summed E-state index contributed by atoms with van der Waals surface area (Å²) >= 11 is 0. The molecule has 1 aromatic heterocycles. The number of nitrogens with zero attached hydrogens (tertiary/aromatic N) is 2. The summed E-state index contributed by atoms with van der Waals surface area (Å²) in [6.07, 6.45) is 0. The summed E-state index contributed by atoms with van der Waals surface area (Å²) < 4.78 is 0. The van der Waals surface area contributed by atoms with Gasteiger partial charge in [-0.15, -0.1) is 0 Å². The van der Waals surface area contributed by atoms with E-state index in [1.807, 2.05) is 6.07 Å². The number of ketones is 2. The second kappa shape index (κ2) is 4.57. The van der Waals surface area contributed by atoms with E-state index in [9.17, 15) is 19.7 Å². The molecule has 112 valence electrons. The van der Waals surface area contributed by atoms with Gasteiger partial charge in [-0.25, -0.2) is 4.98 Å². The molecule has 1 aliphatic rings. The van der Waals surface area contributed by atoms with Gasteiger partial charge in [0, 0.05) is 11.6 Å². The van der Waals surface area contributed by atoms with Crippen LogP contribution >= 0.6 is 0 Å². The van der Waals surface area contributed by atoms with Crippen molar-refractivity contribution in [3.05, 3.63) is 69.5 Å². The average molecular weight is 307 g/mol. The number of imidazole rings is 1. The Bertz CT molecular complexity index is 972.